The second-order valence-corrected chi connectivity index (χ2v) is 4.20. The highest BCUT2D eigenvalue weighted by Gasteiger charge is 2.33. The third-order valence-corrected chi connectivity index (χ3v) is 3.33. The summed E-state index contributed by atoms with van der Waals surface area (Å²) in [6.07, 6.45) is 1.40. The molecule has 4 N–H and O–H groups in total. The van der Waals surface area contributed by atoms with Crippen molar-refractivity contribution in [2.24, 2.45) is 11.1 Å². The summed E-state index contributed by atoms with van der Waals surface area (Å²) in [7, 11) is 0. The number of benzene rings is 1. The molecule has 0 saturated carbocycles. The number of anilines is 1. The van der Waals surface area contributed by atoms with E-state index in [1.165, 1.54) is 6.07 Å². The van der Waals surface area contributed by atoms with E-state index in [0.717, 1.165) is 0 Å². The Bertz CT molecular complexity index is 384. The molecule has 0 saturated heterocycles. The van der Waals surface area contributed by atoms with Crippen LogP contribution in [0.2, 0.25) is 0 Å². The zero-order valence-corrected chi connectivity index (χ0v) is 11.6. The van der Waals surface area contributed by atoms with Gasteiger partial charge in [-0.25, -0.2) is 0 Å². The van der Waals surface area contributed by atoms with Crippen LogP contribution in [0.4, 0.5) is 5.69 Å². The van der Waals surface area contributed by atoms with Crippen molar-refractivity contribution in [3.63, 3.8) is 0 Å². The van der Waals surface area contributed by atoms with E-state index in [4.69, 9.17) is 5.73 Å². The van der Waals surface area contributed by atoms with E-state index in [9.17, 15) is 9.90 Å². The van der Waals surface area contributed by atoms with Gasteiger partial charge in [-0.1, -0.05) is 19.9 Å². The lowest BCUT2D eigenvalue weighted by atomic mass is 9.81. The van der Waals surface area contributed by atoms with Gasteiger partial charge in [0.2, 0.25) is 5.91 Å². The van der Waals surface area contributed by atoms with Gasteiger partial charge in [-0.05, 0) is 25.0 Å². The van der Waals surface area contributed by atoms with Crippen LogP contribution in [0.5, 0.6) is 5.75 Å². The maximum absolute atomic E-state index is 12.2. The number of carbonyl (C=O) groups is 1. The first-order chi connectivity index (χ1) is 8.07. The maximum atomic E-state index is 12.2. The molecule has 5 heteroatoms. The fourth-order valence-electron chi connectivity index (χ4n) is 1.80. The molecule has 0 aliphatic carbocycles. The minimum absolute atomic E-state index is 0. The zero-order chi connectivity index (χ0) is 12.9. The van der Waals surface area contributed by atoms with Gasteiger partial charge in [0.1, 0.15) is 5.75 Å². The molecule has 0 fully saturated rings. The van der Waals surface area contributed by atoms with Gasteiger partial charge in [-0.15, -0.1) is 12.4 Å². The molecule has 0 unspecified atom stereocenters. The van der Waals surface area contributed by atoms with Gasteiger partial charge in [0.15, 0.2) is 0 Å². The predicted octanol–water partition coefficient (Wildman–Crippen LogP) is 2.52. The van der Waals surface area contributed by atoms with Crippen molar-refractivity contribution < 1.29 is 9.90 Å². The number of hydrogen-bond acceptors (Lipinski definition) is 3. The van der Waals surface area contributed by atoms with Crippen molar-refractivity contribution >= 4 is 24.0 Å². The van der Waals surface area contributed by atoms with Gasteiger partial charge in [-0.2, -0.15) is 0 Å². The van der Waals surface area contributed by atoms with Gasteiger partial charge in [0.25, 0.3) is 0 Å². The van der Waals surface area contributed by atoms with E-state index < -0.39 is 5.41 Å². The van der Waals surface area contributed by atoms with Gasteiger partial charge in [0, 0.05) is 18.3 Å². The first-order valence-electron chi connectivity index (χ1n) is 5.88. The highest BCUT2D eigenvalue weighted by molar-refractivity contribution is 5.95. The number of phenols is 1. The summed E-state index contributed by atoms with van der Waals surface area (Å²) >= 11 is 0. The summed E-state index contributed by atoms with van der Waals surface area (Å²) in [5.74, 6) is 0.0461. The minimum atomic E-state index is -0.522. The Morgan fingerprint density at radius 3 is 2.44 bits per heavy atom. The molecule has 18 heavy (non-hydrogen) atoms. The highest BCUT2D eigenvalue weighted by Crippen LogP contribution is 2.27. The van der Waals surface area contributed by atoms with E-state index in [1.807, 2.05) is 13.8 Å². The second kappa shape index (κ2) is 7.24. The lowest BCUT2D eigenvalue weighted by Gasteiger charge is -2.28. The van der Waals surface area contributed by atoms with Crippen LogP contribution in [0, 0.1) is 5.41 Å². The Labute approximate surface area is 114 Å². The quantitative estimate of drug-likeness (QED) is 0.771. The fourth-order valence-corrected chi connectivity index (χ4v) is 1.80. The van der Waals surface area contributed by atoms with E-state index in [0.29, 0.717) is 25.1 Å². The summed E-state index contributed by atoms with van der Waals surface area (Å²) in [5.41, 5.74) is 5.77. The van der Waals surface area contributed by atoms with Gasteiger partial charge >= 0.3 is 0 Å². The van der Waals surface area contributed by atoms with Crippen molar-refractivity contribution in [1.82, 2.24) is 0 Å². The Balaban J connectivity index is 0.00000289. The monoisotopic (exact) mass is 272 g/mol. The average molecular weight is 273 g/mol. The molecule has 0 heterocycles. The van der Waals surface area contributed by atoms with E-state index in [1.54, 1.807) is 18.2 Å². The Morgan fingerprint density at radius 2 is 2.00 bits per heavy atom. The number of amides is 1. The minimum Gasteiger partial charge on any atom is -0.508 e. The third kappa shape index (κ3) is 3.62. The van der Waals surface area contributed by atoms with Crippen molar-refractivity contribution in [3.8, 4) is 5.75 Å². The van der Waals surface area contributed by atoms with E-state index in [-0.39, 0.29) is 24.1 Å². The largest absolute Gasteiger partial charge is 0.508 e. The lowest BCUT2D eigenvalue weighted by Crippen LogP contribution is -2.41. The average Bonchev–Trinajstić information content (AvgIpc) is 2.32. The molecule has 1 amide bonds. The molecule has 1 rings (SSSR count). The van der Waals surface area contributed by atoms with Crippen LogP contribution in [0.3, 0.4) is 0 Å². The second-order valence-electron chi connectivity index (χ2n) is 4.20. The van der Waals surface area contributed by atoms with Gasteiger partial charge in [0.05, 0.1) is 5.41 Å². The Kier molecular flexibility index (Phi) is 6.73. The topological polar surface area (TPSA) is 75.4 Å². The number of rotatable bonds is 5. The predicted molar refractivity (Wildman–Crippen MR) is 76.1 cm³/mol. The summed E-state index contributed by atoms with van der Waals surface area (Å²) in [6, 6.07) is 6.51. The van der Waals surface area contributed by atoms with Gasteiger partial charge in [-0.3, -0.25) is 4.79 Å². The van der Waals surface area contributed by atoms with Gasteiger partial charge < -0.3 is 16.2 Å². The molecule has 0 bridgehead atoms. The molecule has 1 aromatic rings. The van der Waals surface area contributed by atoms with Crippen molar-refractivity contribution in [1.29, 1.82) is 0 Å². The first-order valence-corrected chi connectivity index (χ1v) is 5.88. The number of carbonyl (C=O) groups excluding carboxylic acids is 1. The standard InChI is InChI=1S/C13H20N2O2.ClH/c1-3-13(4-2,9-14)12(17)15-10-6-5-7-11(16)8-10;/h5-8,16H,3-4,9,14H2,1-2H3,(H,15,17);1H. The van der Waals surface area contributed by atoms with Crippen molar-refractivity contribution in [2.45, 2.75) is 26.7 Å². The lowest BCUT2D eigenvalue weighted by molar-refractivity contribution is -0.125. The first kappa shape index (κ1) is 16.7. The SMILES string of the molecule is CCC(CC)(CN)C(=O)Nc1cccc(O)c1.Cl. The normalized spacial score (nSPS) is 10.6. The summed E-state index contributed by atoms with van der Waals surface area (Å²) in [4.78, 5) is 12.2. The molecule has 0 spiro atoms. The molecule has 4 nitrogen and oxygen atoms in total. The maximum Gasteiger partial charge on any atom is 0.231 e. The van der Waals surface area contributed by atoms with Crippen LogP contribution in [0.1, 0.15) is 26.7 Å². The van der Waals surface area contributed by atoms with Crippen LogP contribution in [-0.2, 0) is 4.79 Å². The number of nitrogens with one attached hydrogen (secondary N) is 1. The van der Waals surface area contributed by atoms with Crippen LogP contribution >= 0.6 is 12.4 Å². The number of aromatic hydroxyl groups is 1. The van der Waals surface area contributed by atoms with E-state index in [2.05, 4.69) is 5.32 Å². The molecule has 0 atom stereocenters. The summed E-state index contributed by atoms with van der Waals surface area (Å²) in [5, 5.41) is 12.1. The molecular formula is C13H21ClN2O2. The molecule has 102 valence electrons. The summed E-state index contributed by atoms with van der Waals surface area (Å²) in [6.45, 7) is 4.24. The number of phenolic OH excluding ortho intramolecular Hbond substituents is 1. The fraction of sp³-hybridized carbons (Fsp3) is 0.462. The van der Waals surface area contributed by atoms with Crippen LogP contribution in [0.15, 0.2) is 24.3 Å². The number of halogens is 1. The molecule has 0 aromatic heterocycles. The Hall–Kier alpha value is -1.26. The number of hydrogen-bond donors (Lipinski definition) is 3. The third-order valence-electron chi connectivity index (χ3n) is 3.33. The highest BCUT2D eigenvalue weighted by atomic mass is 35.5. The molecule has 1 aromatic carbocycles. The van der Waals surface area contributed by atoms with Crippen LogP contribution in [-0.4, -0.2) is 17.6 Å². The number of nitrogens with two attached hydrogens (primary N) is 1. The molecular weight excluding hydrogens is 252 g/mol. The van der Waals surface area contributed by atoms with Crippen LogP contribution in [0.25, 0.3) is 0 Å². The smallest absolute Gasteiger partial charge is 0.231 e. The Morgan fingerprint density at radius 1 is 1.39 bits per heavy atom. The molecule has 0 aliphatic rings. The van der Waals surface area contributed by atoms with Crippen molar-refractivity contribution in [2.75, 3.05) is 11.9 Å². The van der Waals surface area contributed by atoms with Crippen molar-refractivity contribution in [3.05, 3.63) is 24.3 Å². The van der Waals surface area contributed by atoms with E-state index >= 15 is 0 Å². The summed E-state index contributed by atoms with van der Waals surface area (Å²) < 4.78 is 0. The van der Waals surface area contributed by atoms with Crippen LogP contribution < -0.4 is 11.1 Å². The molecule has 0 radical (unpaired) electrons. The zero-order valence-electron chi connectivity index (χ0n) is 10.8. The molecule has 0 aliphatic heterocycles.